The van der Waals surface area contributed by atoms with Crippen LogP contribution < -0.4 is 5.73 Å². The molecule has 19 heavy (non-hydrogen) atoms. The van der Waals surface area contributed by atoms with E-state index in [4.69, 9.17) is 14.9 Å². The molecular weight excluding hydrogens is 240 g/mol. The molecule has 0 spiro atoms. The predicted molar refractivity (Wildman–Crippen MR) is 76.9 cm³/mol. The average molecular weight is 262 g/mol. The SMILES string of the molecule is CN(C)CCCOCc1c(CN)oc2ccccc12. The van der Waals surface area contributed by atoms with E-state index >= 15 is 0 Å². The second-order valence-electron chi connectivity index (χ2n) is 4.91. The highest BCUT2D eigenvalue weighted by molar-refractivity contribution is 5.82. The lowest BCUT2D eigenvalue weighted by Crippen LogP contribution is -2.14. The van der Waals surface area contributed by atoms with Crippen molar-refractivity contribution in [2.45, 2.75) is 19.6 Å². The third-order valence-electron chi connectivity index (χ3n) is 3.11. The van der Waals surface area contributed by atoms with Crippen molar-refractivity contribution >= 4 is 11.0 Å². The maximum Gasteiger partial charge on any atom is 0.134 e. The number of furan rings is 1. The van der Waals surface area contributed by atoms with Gasteiger partial charge in [-0.2, -0.15) is 0 Å². The Morgan fingerprint density at radius 1 is 1.26 bits per heavy atom. The summed E-state index contributed by atoms with van der Waals surface area (Å²) in [5.41, 5.74) is 7.70. The summed E-state index contributed by atoms with van der Waals surface area (Å²) in [5.74, 6) is 0.828. The summed E-state index contributed by atoms with van der Waals surface area (Å²) >= 11 is 0. The molecule has 0 fully saturated rings. The maximum absolute atomic E-state index is 5.74. The number of hydrogen-bond acceptors (Lipinski definition) is 4. The van der Waals surface area contributed by atoms with E-state index in [1.54, 1.807) is 0 Å². The van der Waals surface area contributed by atoms with Crippen molar-refractivity contribution in [3.8, 4) is 0 Å². The van der Waals surface area contributed by atoms with Crippen LogP contribution in [0.15, 0.2) is 28.7 Å². The third-order valence-corrected chi connectivity index (χ3v) is 3.11. The Hall–Kier alpha value is -1.36. The van der Waals surface area contributed by atoms with Gasteiger partial charge in [0.1, 0.15) is 11.3 Å². The van der Waals surface area contributed by atoms with E-state index < -0.39 is 0 Å². The van der Waals surface area contributed by atoms with Gasteiger partial charge in [-0.1, -0.05) is 18.2 Å². The summed E-state index contributed by atoms with van der Waals surface area (Å²) in [6.07, 6.45) is 1.03. The molecule has 2 N–H and O–H groups in total. The van der Waals surface area contributed by atoms with E-state index in [2.05, 4.69) is 25.1 Å². The normalized spacial score (nSPS) is 11.6. The van der Waals surface area contributed by atoms with Crippen molar-refractivity contribution in [1.82, 2.24) is 4.90 Å². The van der Waals surface area contributed by atoms with Gasteiger partial charge in [0, 0.05) is 17.6 Å². The summed E-state index contributed by atoms with van der Waals surface area (Å²) in [6, 6.07) is 7.99. The zero-order valence-electron chi connectivity index (χ0n) is 11.7. The molecule has 0 unspecified atom stereocenters. The van der Waals surface area contributed by atoms with Crippen LogP contribution >= 0.6 is 0 Å². The van der Waals surface area contributed by atoms with Crippen molar-refractivity contribution in [2.24, 2.45) is 5.73 Å². The molecule has 0 saturated carbocycles. The van der Waals surface area contributed by atoms with Crippen LogP contribution in [-0.4, -0.2) is 32.1 Å². The summed E-state index contributed by atoms with van der Waals surface area (Å²) in [5, 5.41) is 1.11. The van der Waals surface area contributed by atoms with Gasteiger partial charge >= 0.3 is 0 Å². The molecule has 2 aromatic rings. The second kappa shape index (κ2) is 6.70. The molecule has 2 rings (SSSR count). The summed E-state index contributed by atoms with van der Waals surface area (Å²) in [4.78, 5) is 2.15. The molecule has 104 valence electrons. The van der Waals surface area contributed by atoms with Crippen LogP contribution in [0.1, 0.15) is 17.7 Å². The fraction of sp³-hybridized carbons (Fsp3) is 0.467. The number of nitrogens with two attached hydrogens (primary N) is 1. The lowest BCUT2D eigenvalue weighted by atomic mass is 10.1. The highest BCUT2D eigenvalue weighted by atomic mass is 16.5. The zero-order valence-corrected chi connectivity index (χ0v) is 11.7. The first-order valence-corrected chi connectivity index (χ1v) is 6.64. The van der Waals surface area contributed by atoms with Crippen LogP contribution in [0, 0.1) is 0 Å². The van der Waals surface area contributed by atoms with Gasteiger partial charge in [0.25, 0.3) is 0 Å². The maximum atomic E-state index is 5.74. The zero-order chi connectivity index (χ0) is 13.7. The first kappa shape index (κ1) is 14.1. The molecule has 0 saturated heterocycles. The van der Waals surface area contributed by atoms with Gasteiger partial charge in [0.2, 0.25) is 0 Å². The topological polar surface area (TPSA) is 51.6 Å². The van der Waals surface area contributed by atoms with Crippen LogP contribution in [0.25, 0.3) is 11.0 Å². The number of hydrogen-bond donors (Lipinski definition) is 1. The van der Waals surface area contributed by atoms with E-state index in [9.17, 15) is 0 Å². The Labute approximate surface area is 114 Å². The number of nitrogens with zero attached hydrogens (tertiary/aromatic N) is 1. The van der Waals surface area contributed by atoms with Crippen LogP contribution in [0.3, 0.4) is 0 Å². The van der Waals surface area contributed by atoms with Crippen LogP contribution in [0.2, 0.25) is 0 Å². The quantitative estimate of drug-likeness (QED) is 0.778. The van der Waals surface area contributed by atoms with Crippen LogP contribution in [0.5, 0.6) is 0 Å². The minimum Gasteiger partial charge on any atom is -0.459 e. The summed E-state index contributed by atoms with van der Waals surface area (Å²) < 4.78 is 11.5. The Morgan fingerprint density at radius 2 is 2.05 bits per heavy atom. The molecule has 0 aliphatic rings. The van der Waals surface area contributed by atoms with Crippen molar-refractivity contribution in [1.29, 1.82) is 0 Å². The van der Waals surface area contributed by atoms with Crippen molar-refractivity contribution < 1.29 is 9.15 Å². The number of benzene rings is 1. The Kier molecular flexibility index (Phi) is 4.96. The van der Waals surface area contributed by atoms with Gasteiger partial charge in [-0.05, 0) is 33.1 Å². The Bertz CT molecular complexity index is 520. The van der Waals surface area contributed by atoms with Gasteiger partial charge < -0.3 is 19.8 Å². The van der Waals surface area contributed by atoms with Crippen LogP contribution in [0.4, 0.5) is 0 Å². The van der Waals surface area contributed by atoms with Gasteiger partial charge in [-0.15, -0.1) is 0 Å². The van der Waals surface area contributed by atoms with E-state index in [0.717, 1.165) is 41.9 Å². The standard InChI is InChI=1S/C15H22N2O2/c1-17(2)8-5-9-18-11-13-12-6-3-4-7-14(12)19-15(13)10-16/h3-4,6-7H,5,8-11,16H2,1-2H3. The van der Waals surface area contributed by atoms with E-state index in [-0.39, 0.29) is 0 Å². The smallest absolute Gasteiger partial charge is 0.134 e. The first-order valence-electron chi connectivity index (χ1n) is 6.64. The molecule has 1 aromatic carbocycles. The van der Waals surface area contributed by atoms with E-state index in [0.29, 0.717) is 13.2 Å². The molecule has 1 heterocycles. The molecule has 0 aliphatic carbocycles. The van der Waals surface area contributed by atoms with Crippen molar-refractivity contribution in [3.05, 3.63) is 35.6 Å². The molecule has 0 bridgehead atoms. The largest absolute Gasteiger partial charge is 0.459 e. The Balaban J connectivity index is 1.99. The Morgan fingerprint density at radius 3 is 2.79 bits per heavy atom. The number of fused-ring (bicyclic) bond motifs is 1. The number of para-hydroxylation sites is 1. The molecule has 4 nitrogen and oxygen atoms in total. The number of ether oxygens (including phenoxy) is 1. The number of rotatable bonds is 7. The van der Waals surface area contributed by atoms with Gasteiger partial charge in [-0.3, -0.25) is 0 Å². The minimum atomic E-state index is 0.408. The molecule has 0 aliphatic heterocycles. The highest BCUT2D eigenvalue weighted by Crippen LogP contribution is 2.26. The lowest BCUT2D eigenvalue weighted by molar-refractivity contribution is 0.112. The summed E-state index contributed by atoms with van der Waals surface area (Å²) in [6.45, 7) is 2.76. The predicted octanol–water partition coefficient (Wildman–Crippen LogP) is 2.36. The molecule has 0 atom stereocenters. The van der Waals surface area contributed by atoms with E-state index in [1.165, 1.54) is 0 Å². The van der Waals surface area contributed by atoms with Crippen molar-refractivity contribution in [2.75, 3.05) is 27.2 Å². The second-order valence-corrected chi connectivity index (χ2v) is 4.91. The van der Waals surface area contributed by atoms with Crippen LogP contribution in [-0.2, 0) is 17.9 Å². The molecule has 0 amide bonds. The third kappa shape index (κ3) is 3.56. The minimum absolute atomic E-state index is 0.408. The average Bonchev–Trinajstić information content (AvgIpc) is 2.76. The molecular formula is C15H22N2O2. The first-order chi connectivity index (χ1) is 9.22. The van der Waals surface area contributed by atoms with E-state index in [1.807, 2.05) is 18.2 Å². The monoisotopic (exact) mass is 262 g/mol. The van der Waals surface area contributed by atoms with Gasteiger partial charge in [0.05, 0.1) is 13.2 Å². The van der Waals surface area contributed by atoms with Crippen molar-refractivity contribution in [3.63, 3.8) is 0 Å². The molecule has 4 heteroatoms. The van der Waals surface area contributed by atoms with Gasteiger partial charge in [0.15, 0.2) is 0 Å². The fourth-order valence-corrected chi connectivity index (χ4v) is 2.13. The highest BCUT2D eigenvalue weighted by Gasteiger charge is 2.12. The molecule has 0 radical (unpaired) electrons. The summed E-state index contributed by atoms with van der Waals surface area (Å²) in [7, 11) is 4.13. The fourth-order valence-electron chi connectivity index (χ4n) is 2.13. The molecule has 1 aromatic heterocycles. The van der Waals surface area contributed by atoms with Gasteiger partial charge in [-0.25, -0.2) is 0 Å². The lowest BCUT2D eigenvalue weighted by Gasteiger charge is -2.09.